The van der Waals surface area contributed by atoms with Gasteiger partial charge in [0.2, 0.25) is 5.91 Å². The van der Waals surface area contributed by atoms with Gasteiger partial charge in [-0.1, -0.05) is 45.4 Å². The van der Waals surface area contributed by atoms with Crippen molar-refractivity contribution in [2.24, 2.45) is 5.41 Å². The van der Waals surface area contributed by atoms with Gasteiger partial charge in [0.1, 0.15) is 5.75 Å². The van der Waals surface area contributed by atoms with E-state index < -0.39 is 0 Å². The first-order valence-corrected chi connectivity index (χ1v) is 11.9. The van der Waals surface area contributed by atoms with Crippen LogP contribution in [0.25, 0.3) is 0 Å². The predicted molar refractivity (Wildman–Crippen MR) is 134 cm³/mol. The molecule has 0 unspecified atom stereocenters. The first kappa shape index (κ1) is 24.9. The zero-order chi connectivity index (χ0) is 24.2. The monoisotopic (exact) mass is 471 g/mol. The minimum Gasteiger partial charge on any atom is -0.491 e. The van der Waals surface area contributed by atoms with Crippen molar-refractivity contribution in [2.75, 3.05) is 36.4 Å². The number of hydrogen-bond acceptors (Lipinski definition) is 4. The molecular formula is C26H34ClN3O3. The molecule has 0 bridgehead atoms. The van der Waals surface area contributed by atoms with E-state index in [-0.39, 0.29) is 23.3 Å². The fourth-order valence-electron chi connectivity index (χ4n) is 3.70. The maximum Gasteiger partial charge on any atom is 0.255 e. The van der Waals surface area contributed by atoms with Gasteiger partial charge in [-0.05, 0) is 49.7 Å². The summed E-state index contributed by atoms with van der Waals surface area (Å²) in [6.07, 6.45) is 0.978. The summed E-state index contributed by atoms with van der Waals surface area (Å²) < 4.78 is 5.82. The summed E-state index contributed by atoms with van der Waals surface area (Å²) in [5, 5.41) is 3.48. The van der Waals surface area contributed by atoms with Crippen LogP contribution in [0.15, 0.2) is 42.5 Å². The number of nitrogens with one attached hydrogen (secondary N) is 1. The van der Waals surface area contributed by atoms with Gasteiger partial charge in [-0.25, -0.2) is 0 Å². The van der Waals surface area contributed by atoms with E-state index in [1.807, 2.05) is 56.9 Å². The van der Waals surface area contributed by atoms with Gasteiger partial charge < -0.3 is 19.9 Å². The van der Waals surface area contributed by atoms with Gasteiger partial charge in [-0.3, -0.25) is 9.59 Å². The lowest BCUT2D eigenvalue weighted by molar-refractivity contribution is -0.139. The van der Waals surface area contributed by atoms with Crippen LogP contribution in [-0.2, 0) is 4.79 Å². The van der Waals surface area contributed by atoms with Gasteiger partial charge in [0.15, 0.2) is 0 Å². The van der Waals surface area contributed by atoms with Gasteiger partial charge in [-0.15, -0.1) is 0 Å². The lowest BCUT2D eigenvalue weighted by atomic mass is 9.94. The average molecular weight is 472 g/mol. The molecule has 0 aliphatic carbocycles. The molecule has 1 N–H and O–H groups in total. The van der Waals surface area contributed by atoms with E-state index in [2.05, 4.69) is 17.1 Å². The number of carbonyl (C=O) groups excluding carboxylic acids is 2. The van der Waals surface area contributed by atoms with Crippen LogP contribution < -0.4 is 15.0 Å². The summed E-state index contributed by atoms with van der Waals surface area (Å²) in [6, 6.07) is 12.7. The van der Waals surface area contributed by atoms with Crippen molar-refractivity contribution in [1.82, 2.24) is 4.90 Å². The van der Waals surface area contributed by atoms with Crippen molar-refractivity contribution < 1.29 is 14.3 Å². The van der Waals surface area contributed by atoms with Crippen LogP contribution >= 0.6 is 11.6 Å². The number of halogens is 1. The van der Waals surface area contributed by atoms with Crippen molar-refractivity contribution in [2.45, 2.75) is 47.1 Å². The smallest absolute Gasteiger partial charge is 0.255 e. The molecule has 0 radical (unpaired) electrons. The molecule has 1 heterocycles. The number of rotatable bonds is 6. The minimum atomic E-state index is -0.375. The standard InChI is InChI=1S/C26H34ClN3O3/c1-6-18(2)33-21-9-7-8-19(16-21)24(31)28-20-10-11-23(22(27)17-20)29-12-14-30(15-13-29)25(32)26(3,4)5/h7-11,16-18H,6,12-15H2,1-5H3,(H,28,31)/t18-/m0/s1. The van der Waals surface area contributed by atoms with Crippen molar-refractivity contribution in [3.8, 4) is 5.75 Å². The minimum absolute atomic E-state index is 0.0862. The van der Waals surface area contributed by atoms with Gasteiger partial charge in [0, 0.05) is 42.8 Å². The third-order valence-corrected chi connectivity index (χ3v) is 6.07. The number of carbonyl (C=O) groups is 2. The average Bonchev–Trinajstić information content (AvgIpc) is 2.78. The highest BCUT2D eigenvalue weighted by molar-refractivity contribution is 6.33. The third kappa shape index (κ3) is 6.41. The zero-order valence-electron chi connectivity index (χ0n) is 20.2. The number of piperazine rings is 1. The van der Waals surface area contributed by atoms with E-state index in [1.54, 1.807) is 18.2 Å². The molecule has 0 saturated carbocycles. The molecule has 7 heteroatoms. The number of amides is 2. The molecular weight excluding hydrogens is 438 g/mol. The summed E-state index contributed by atoms with van der Waals surface area (Å²) in [6.45, 7) is 12.7. The maximum atomic E-state index is 12.7. The van der Waals surface area contributed by atoms with Gasteiger partial charge >= 0.3 is 0 Å². The van der Waals surface area contributed by atoms with Gasteiger partial charge in [0.05, 0.1) is 16.8 Å². The first-order chi connectivity index (χ1) is 15.6. The highest BCUT2D eigenvalue weighted by Gasteiger charge is 2.30. The highest BCUT2D eigenvalue weighted by Crippen LogP contribution is 2.30. The van der Waals surface area contributed by atoms with Crippen LogP contribution in [0.1, 0.15) is 51.4 Å². The molecule has 178 valence electrons. The largest absolute Gasteiger partial charge is 0.491 e. The molecule has 33 heavy (non-hydrogen) atoms. The summed E-state index contributed by atoms with van der Waals surface area (Å²) in [4.78, 5) is 29.4. The van der Waals surface area contributed by atoms with E-state index in [0.717, 1.165) is 25.2 Å². The number of benzene rings is 2. The van der Waals surface area contributed by atoms with Crippen LogP contribution in [0.5, 0.6) is 5.75 Å². The van der Waals surface area contributed by atoms with Gasteiger partial charge in [0.25, 0.3) is 5.91 Å². The quantitative estimate of drug-likeness (QED) is 0.607. The van der Waals surface area contributed by atoms with E-state index in [0.29, 0.717) is 35.1 Å². The SMILES string of the molecule is CC[C@H](C)Oc1cccc(C(=O)Nc2ccc(N3CCN(C(=O)C(C)(C)C)CC3)c(Cl)c2)c1. The molecule has 0 spiro atoms. The second kappa shape index (κ2) is 10.5. The fraction of sp³-hybridized carbons (Fsp3) is 0.462. The Labute approximate surface area is 201 Å². The number of anilines is 2. The Kier molecular flexibility index (Phi) is 7.90. The van der Waals surface area contributed by atoms with Crippen LogP contribution in [0.3, 0.4) is 0 Å². The number of ether oxygens (including phenoxy) is 1. The molecule has 3 rings (SSSR count). The molecule has 1 aliphatic rings. The molecule has 2 amide bonds. The van der Waals surface area contributed by atoms with Crippen LogP contribution in [0.2, 0.25) is 5.02 Å². The first-order valence-electron chi connectivity index (χ1n) is 11.5. The fourth-order valence-corrected chi connectivity index (χ4v) is 4.00. The van der Waals surface area contributed by atoms with Gasteiger partial charge in [-0.2, -0.15) is 0 Å². The summed E-state index contributed by atoms with van der Waals surface area (Å²) in [5.74, 6) is 0.627. The molecule has 6 nitrogen and oxygen atoms in total. The van der Waals surface area contributed by atoms with Crippen LogP contribution in [0.4, 0.5) is 11.4 Å². The lowest BCUT2D eigenvalue weighted by Gasteiger charge is -2.39. The molecule has 0 aromatic heterocycles. The Balaban J connectivity index is 1.63. The molecule has 2 aromatic carbocycles. The number of nitrogens with zero attached hydrogens (tertiary/aromatic N) is 2. The van der Waals surface area contributed by atoms with Crippen molar-refractivity contribution in [3.05, 3.63) is 53.1 Å². The Morgan fingerprint density at radius 2 is 1.79 bits per heavy atom. The van der Waals surface area contributed by atoms with Crippen molar-refractivity contribution in [1.29, 1.82) is 0 Å². The van der Waals surface area contributed by atoms with E-state index in [1.165, 1.54) is 0 Å². The summed E-state index contributed by atoms with van der Waals surface area (Å²) >= 11 is 6.57. The molecule has 1 fully saturated rings. The molecule has 2 aromatic rings. The zero-order valence-corrected chi connectivity index (χ0v) is 20.9. The Morgan fingerprint density at radius 3 is 2.39 bits per heavy atom. The molecule has 1 atom stereocenters. The maximum absolute atomic E-state index is 12.7. The summed E-state index contributed by atoms with van der Waals surface area (Å²) in [5.41, 5.74) is 1.68. The topological polar surface area (TPSA) is 61.9 Å². The van der Waals surface area contributed by atoms with E-state index >= 15 is 0 Å². The molecule has 1 aliphatic heterocycles. The second-order valence-corrected chi connectivity index (χ2v) is 9.92. The van der Waals surface area contributed by atoms with Crippen molar-refractivity contribution >= 4 is 34.8 Å². The number of hydrogen-bond donors (Lipinski definition) is 1. The lowest BCUT2D eigenvalue weighted by Crippen LogP contribution is -2.51. The highest BCUT2D eigenvalue weighted by atomic mass is 35.5. The Hall–Kier alpha value is -2.73. The van der Waals surface area contributed by atoms with Crippen LogP contribution in [0, 0.1) is 5.41 Å². The third-order valence-electron chi connectivity index (χ3n) is 5.76. The Morgan fingerprint density at radius 1 is 1.09 bits per heavy atom. The van der Waals surface area contributed by atoms with Crippen LogP contribution in [-0.4, -0.2) is 49.0 Å². The second-order valence-electron chi connectivity index (χ2n) is 9.51. The molecule has 1 saturated heterocycles. The predicted octanol–water partition coefficient (Wildman–Crippen LogP) is 5.46. The summed E-state index contributed by atoms with van der Waals surface area (Å²) in [7, 11) is 0. The Bertz CT molecular complexity index is 995. The van der Waals surface area contributed by atoms with E-state index in [9.17, 15) is 9.59 Å². The normalized spacial score (nSPS) is 15.2. The van der Waals surface area contributed by atoms with Crippen molar-refractivity contribution in [3.63, 3.8) is 0 Å². The van der Waals surface area contributed by atoms with E-state index in [4.69, 9.17) is 16.3 Å².